The predicted molar refractivity (Wildman–Crippen MR) is 98.4 cm³/mol. The van der Waals surface area contributed by atoms with Crippen LogP contribution in [0.15, 0.2) is 46.2 Å². The van der Waals surface area contributed by atoms with Crippen LogP contribution in [0, 0.1) is 13.8 Å². The highest BCUT2D eigenvalue weighted by Crippen LogP contribution is 2.32. The molecule has 0 radical (unpaired) electrons. The molecular weight excluding hydrogens is 382 g/mol. The molecule has 0 spiro atoms. The largest absolute Gasteiger partial charge is 0.321 e. The Hall–Kier alpha value is -1.97. The van der Waals surface area contributed by atoms with Gasteiger partial charge >= 0.3 is 0 Å². The topological polar surface area (TPSA) is 75.3 Å². The van der Waals surface area contributed by atoms with E-state index in [1.165, 1.54) is 25.2 Å². The number of alkyl halides is 2. The van der Waals surface area contributed by atoms with Crippen molar-refractivity contribution in [2.24, 2.45) is 0 Å². The molecule has 2 aromatic rings. The molecule has 0 saturated heterocycles. The molecule has 0 atom stereocenters. The lowest BCUT2D eigenvalue weighted by molar-refractivity contribution is 0.102. The standard InChI is InChI=1S/C17H18F2N2O3S2/c1-10-8-12(9-15(11(10)2)26(23,24)20-3)16(22)21-13-6-4-5-7-14(13)25-17(18)19/h4-9,17,20H,1-3H3,(H,21,22). The second kappa shape index (κ2) is 8.15. The van der Waals surface area contributed by atoms with Gasteiger partial charge in [0.15, 0.2) is 0 Å². The second-order valence-electron chi connectivity index (χ2n) is 5.45. The predicted octanol–water partition coefficient (Wildman–Crippen LogP) is 3.78. The Morgan fingerprint density at radius 3 is 2.42 bits per heavy atom. The van der Waals surface area contributed by atoms with Crippen molar-refractivity contribution in [3.8, 4) is 0 Å². The molecule has 0 fully saturated rings. The van der Waals surface area contributed by atoms with Crippen molar-refractivity contribution in [3.05, 3.63) is 53.1 Å². The Morgan fingerprint density at radius 1 is 1.15 bits per heavy atom. The summed E-state index contributed by atoms with van der Waals surface area (Å²) >= 11 is 0.325. The van der Waals surface area contributed by atoms with Crippen LogP contribution < -0.4 is 10.0 Å². The number of nitrogens with one attached hydrogen (secondary N) is 2. The van der Waals surface area contributed by atoms with Crippen LogP contribution in [-0.2, 0) is 10.0 Å². The zero-order valence-corrected chi connectivity index (χ0v) is 16.0. The van der Waals surface area contributed by atoms with Crippen LogP contribution in [0.4, 0.5) is 14.5 Å². The van der Waals surface area contributed by atoms with Crippen molar-refractivity contribution >= 4 is 33.4 Å². The van der Waals surface area contributed by atoms with Gasteiger partial charge < -0.3 is 5.32 Å². The minimum absolute atomic E-state index is 0.000362. The van der Waals surface area contributed by atoms with Gasteiger partial charge in [-0.05, 0) is 56.3 Å². The van der Waals surface area contributed by atoms with Gasteiger partial charge in [-0.3, -0.25) is 4.79 Å². The Kier molecular flexibility index (Phi) is 6.38. The number of rotatable bonds is 6. The smallest absolute Gasteiger partial charge is 0.288 e. The van der Waals surface area contributed by atoms with Crippen LogP contribution >= 0.6 is 11.8 Å². The molecule has 0 aliphatic carbocycles. The Labute approximate surface area is 155 Å². The van der Waals surface area contributed by atoms with Crippen LogP contribution in [0.5, 0.6) is 0 Å². The van der Waals surface area contributed by atoms with E-state index in [-0.39, 0.29) is 21.0 Å². The maximum Gasteiger partial charge on any atom is 0.288 e. The first-order chi connectivity index (χ1) is 12.2. The third-order valence-corrected chi connectivity index (χ3v) is 6.12. The van der Waals surface area contributed by atoms with Crippen molar-refractivity contribution in [1.29, 1.82) is 0 Å². The van der Waals surface area contributed by atoms with Crippen LogP contribution in [0.1, 0.15) is 21.5 Å². The minimum atomic E-state index is -3.74. The summed E-state index contributed by atoms with van der Waals surface area (Å²) in [6.45, 7) is 3.34. The fourth-order valence-corrected chi connectivity index (χ4v) is 3.97. The highest BCUT2D eigenvalue weighted by Gasteiger charge is 2.20. The van der Waals surface area contributed by atoms with Gasteiger partial charge in [0, 0.05) is 10.5 Å². The minimum Gasteiger partial charge on any atom is -0.321 e. The van der Waals surface area contributed by atoms with Crippen LogP contribution in [0.2, 0.25) is 0 Å². The summed E-state index contributed by atoms with van der Waals surface area (Å²) in [6, 6.07) is 9.02. The van der Waals surface area contributed by atoms with Crippen molar-refractivity contribution in [1.82, 2.24) is 4.72 Å². The van der Waals surface area contributed by atoms with E-state index >= 15 is 0 Å². The number of benzene rings is 2. The first-order valence-electron chi connectivity index (χ1n) is 7.55. The van der Waals surface area contributed by atoms with Crippen LogP contribution in [0.3, 0.4) is 0 Å². The molecule has 2 N–H and O–H groups in total. The molecule has 5 nitrogen and oxygen atoms in total. The third kappa shape index (κ3) is 4.60. The van der Waals surface area contributed by atoms with Gasteiger partial charge in [0.05, 0.1) is 10.6 Å². The lowest BCUT2D eigenvalue weighted by Crippen LogP contribution is -2.21. The van der Waals surface area contributed by atoms with E-state index in [2.05, 4.69) is 10.0 Å². The number of anilines is 1. The average molecular weight is 400 g/mol. The summed E-state index contributed by atoms with van der Waals surface area (Å²) in [5, 5.41) is 2.57. The SMILES string of the molecule is CNS(=O)(=O)c1cc(C(=O)Nc2ccccc2SC(F)F)cc(C)c1C. The summed E-state index contributed by atoms with van der Waals surface area (Å²) in [5.74, 6) is -3.20. The lowest BCUT2D eigenvalue weighted by atomic mass is 10.1. The maximum absolute atomic E-state index is 12.7. The fourth-order valence-electron chi connectivity index (χ4n) is 2.31. The Bertz CT molecular complexity index is 932. The summed E-state index contributed by atoms with van der Waals surface area (Å²) in [4.78, 5) is 12.8. The maximum atomic E-state index is 12.7. The normalized spacial score (nSPS) is 11.6. The molecule has 26 heavy (non-hydrogen) atoms. The number of hydrogen-bond donors (Lipinski definition) is 2. The molecule has 0 unspecified atom stereocenters. The molecule has 0 aliphatic rings. The summed E-state index contributed by atoms with van der Waals surface area (Å²) < 4.78 is 51.8. The molecule has 2 aromatic carbocycles. The van der Waals surface area contributed by atoms with E-state index in [1.807, 2.05) is 0 Å². The average Bonchev–Trinajstić information content (AvgIpc) is 2.58. The third-order valence-electron chi connectivity index (χ3n) is 3.79. The van der Waals surface area contributed by atoms with Crippen molar-refractivity contribution < 1.29 is 22.0 Å². The van der Waals surface area contributed by atoms with E-state index in [4.69, 9.17) is 0 Å². The number of sulfonamides is 1. The van der Waals surface area contributed by atoms with E-state index < -0.39 is 21.7 Å². The monoisotopic (exact) mass is 400 g/mol. The van der Waals surface area contributed by atoms with Gasteiger partial charge in [0.2, 0.25) is 10.0 Å². The first-order valence-corrected chi connectivity index (χ1v) is 9.92. The Balaban J connectivity index is 2.40. The quantitative estimate of drug-likeness (QED) is 0.724. The van der Waals surface area contributed by atoms with Gasteiger partial charge in [-0.15, -0.1) is 0 Å². The molecule has 0 heterocycles. The molecule has 140 valence electrons. The molecule has 9 heteroatoms. The van der Waals surface area contributed by atoms with Gasteiger partial charge in [-0.25, -0.2) is 13.1 Å². The number of amides is 1. The Morgan fingerprint density at radius 2 is 1.81 bits per heavy atom. The van der Waals surface area contributed by atoms with Crippen molar-refractivity contribution in [2.75, 3.05) is 12.4 Å². The molecular formula is C17H18F2N2O3S2. The van der Waals surface area contributed by atoms with Crippen molar-refractivity contribution in [3.63, 3.8) is 0 Å². The zero-order chi connectivity index (χ0) is 19.5. The van der Waals surface area contributed by atoms with Crippen molar-refractivity contribution in [2.45, 2.75) is 29.4 Å². The first kappa shape index (κ1) is 20.3. The molecule has 0 aromatic heterocycles. The van der Waals surface area contributed by atoms with E-state index in [0.717, 1.165) is 0 Å². The van der Waals surface area contributed by atoms with E-state index in [0.29, 0.717) is 22.9 Å². The second-order valence-corrected chi connectivity index (χ2v) is 8.34. The van der Waals surface area contributed by atoms with Crippen LogP contribution in [0.25, 0.3) is 0 Å². The number of aryl methyl sites for hydroxylation is 1. The highest BCUT2D eigenvalue weighted by atomic mass is 32.2. The number of thioether (sulfide) groups is 1. The number of carbonyl (C=O) groups is 1. The van der Waals surface area contributed by atoms with Gasteiger partial charge in [0.1, 0.15) is 0 Å². The number of halogens is 2. The zero-order valence-electron chi connectivity index (χ0n) is 14.3. The van der Waals surface area contributed by atoms with E-state index in [9.17, 15) is 22.0 Å². The number of carbonyl (C=O) groups excluding carboxylic acids is 1. The van der Waals surface area contributed by atoms with Gasteiger partial charge in [-0.2, -0.15) is 8.78 Å². The number of hydrogen-bond acceptors (Lipinski definition) is 4. The molecule has 2 rings (SSSR count). The molecule has 0 aliphatic heterocycles. The van der Waals surface area contributed by atoms with Gasteiger partial charge in [0.25, 0.3) is 11.7 Å². The van der Waals surface area contributed by atoms with Crippen LogP contribution in [-0.4, -0.2) is 27.1 Å². The molecule has 1 amide bonds. The summed E-state index contributed by atoms with van der Waals surface area (Å²) in [6.07, 6.45) is 0. The highest BCUT2D eigenvalue weighted by molar-refractivity contribution is 7.99. The fraction of sp³-hybridized carbons (Fsp3) is 0.235. The van der Waals surface area contributed by atoms with Gasteiger partial charge in [-0.1, -0.05) is 23.9 Å². The lowest BCUT2D eigenvalue weighted by Gasteiger charge is -2.14. The molecule has 0 saturated carbocycles. The number of para-hydroxylation sites is 1. The summed E-state index contributed by atoms with van der Waals surface area (Å²) in [5.41, 5.74) is 1.52. The molecule has 0 bridgehead atoms. The van der Waals surface area contributed by atoms with E-state index in [1.54, 1.807) is 32.0 Å². The summed E-state index contributed by atoms with van der Waals surface area (Å²) in [7, 11) is -2.45.